The SMILES string of the molecule is CCOC(=O)C1CC2(CCN(C(=O)c3ccc(C)c(C)c3)CC2)CN1C(=O)c1ccccc1Oc1ccccc1. The standard InChI is InChI=1S/C33H36N2O5/c1-4-39-32(38)28-21-33(16-18-34(19-17-33)30(36)25-15-14-23(2)24(3)20-25)22-35(28)31(37)27-12-8-9-13-29(27)40-26-10-6-5-7-11-26/h5-15,20,28H,4,16-19,21-22H2,1-3H3. The number of aryl methyl sites for hydroxylation is 2. The predicted octanol–water partition coefficient (Wildman–Crippen LogP) is 5.80. The Kier molecular flexibility index (Phi) is 7.92. The zero-order valence-corrected chi connectivity index (χ0v) is 23.4. The van der Waals surface area contributed by atoms with Gasteiger partial charge in [-0.1, -0.05) is 36.4 Å². The fraction of sp³-hybridized carbons (Fsp3) is 0.364. The van der Waals surface area contributed by atoms with Gasteiger partial charge in [0.2, 0.25) is 0 Å². The highest BCUT2D eigenvalue weighted by atomic mass is 16.5. The van der Waals surface area contributed by atoms with Crippen molar-refractivity contribution in [3.05, 3.63) is 95.1 Å². The first-order chi connectivity index (χ1) is 19.3. The summed E-state index contributed by atoms with van der Waals surface area (Å²) < 4.78 is 11.5. The van der Waals surface area contributed by atoms with E-state index in [0.717, 1.165) is 11.1 Å². The lowest BCUT2D eigenvalue weighted by Crippen LogP contribution is -2.45. The molecule has 2 aliphatic heterocycles. The molecule has 1 spiro atoms. The molecule has 7 nitrogen and oxygen atoms in total. The van der Waals surface area contributed by atoms with Crippen LogP contribution in [0.4, 0.5) is 0 Å². The van der Waals surface area contributed by atoms with Gasteiger partial charge >= 0.3 is 5.97 Å². The lowest BCUT2D eigenvalue weighted by Gasteiger charge is -2.39. The first-order valence-corrected chi connectivity index (χ1v) is 14.0. The van der Waals surface area contributed by atoms with Gasteiger partial charge in [0.05, 0.1) is 12.2 Å². The van der Waals surface area contributed by atoms with E-state index in [1.165, 1.54) is 0 Å². The van der Waals surface area contributed by atoms with Crippen LogP contribution >= 0.6 is 0 Å². The van der Waals surface area contributed by atoms with Gasteiger partial charge in [-0.25, -0.2) is 4.79 Å². The van der Waals surface area contributed by atoms with Crippen molar-refractivity contribution in [3.8, 4) is 11.5 Å². The summed E-state index contributed by atoms with van der Waals surface area (Å²) in [5, 5.41) is 0. The minimum atomic E-state index is -0.681. The van der Waals surface area contributed by atoms with Crippen molar-refractivity contribution in [3.63, 3.8) is 0 Å². The largest absolute Gasteiger partial charge is 0.464 e. The van der Waals surface area contributed by atoms with Gasteiger partial charge in [-0.2, -0.15) is 0 Å². The van der Waals surface area contributed by atoms with Gasteiger partial charge < -0.3 is 19.3 Å². The third kappa shape index (κ3) is 5.60. The van der Waals surface area contributed by atoms with Gasteiger partial charge in [0.25, 0.3) is 11.8 Å². The topological polar surface area (TPSA) is 76.2 Å². The number of nitrogens with zero attached hydrogens (tertiary/aromatic N) is 2. The molecule has 3 aromatic rings. The molecule has 2 amide bonds. The van der Waals surface area contributed by atoms with Crippen LogP contribution in [-0.4, -0.2) is 59.9 Å². The van der Waals surface area contributed by atoms with E-state index in [1.54, 1.807) is 30.0 Å². The van der Waals surface area contributed by atoms with E-state index in [2.05, 4.69) is 0 Å². The molecule has 40 heavy (non-hydrogen) atoms. The van der Waals surface area contributed by atoms with Crippen molar-refractivity contribution >= 4 is 17.8 Å². The van der Waals surface area contributed by atoms with E-state index in [0.29, 0.717) is 61.5 Å². The molecule has 0 saturated carbocycles. The van der Waals surface area contributed by atoms with Gasteiger partial charge in [-0.15, -0.1) is 0 Å². The van der Waals surface area contributed by atoms with Crippen molar-refractivity contribution in [2.45, 2.75) is 46.1 Å². The lowest BCUT2D eigenvalue weighted by molar-refractivity contribution is -0.147. The molecule has 1 unspecified atom stereocenters. The Morgan fingerprint density at radius 2 is 1.57 bits per heavy atom. The lowest BCUT2D eigenvalue weighted by atomic mass is 9.76. The van der Waals surface area contributed by atoms with Crippen LogP contribution in [0.1, 0.15) is 58.0 Å². The van der Waals surface area contributed by atoms with Crippen LogP contribution in [0.5, 0.6) is 11.5 Å². The number of hydrogen-bond donors (Lipinski definition) is 0. The van der Waals surface area contributed by atoms with E-state index < -0.39 is 6.04 Å². The van der Waals surface area contributed by atoms with Crippen LogP contribution in [0, 0.1) is 19.3 Å². The normalized spacial score (nSPS) is 18.0. The van der Waals surface area contributed by atoms with E-state index in [4.69, 9.17) is 9.47 Å². The number of benzene rings is 3. The van der Waals surface area contributed by atoms with Gasteiger partial charge in [-0.05, 0) is 93.0 Å². The zero-order valence-electron chi connectivity index (χ0n) is 23.4. The Labute approximate surface area is 235 Å². The smallest absolute Gasteiger partial charge is 0.328 e. The second-order valence-electron chi connectivity index (χ2n) is 10.9. The van der Waals surface area contributed by atoms with Crippen molar-refractivity contribution in [2.75, 3.05) is 26.2 Å². The number of para-hydroxylation sites is 2. The predicted molar refractivity (Wildman–Crippen MR) is 153 cm³/mol. The second kappa shape index (κ2) is 11.5. The molecule has 7 heteroatoms. The number of hydrogen-bond acceptors (Lipinski definition) is 5. The van der Waals surface area contributed by atoms with Crippen LogP contribution in [0.15, 0.2) is 72.8 Å². The summed E-state index contributed by atoms with van der Waals surface area (Å²) in [5.41, 5.74) is 3.09. The number of piperidine rings is 1. The molecule has 2 fully saturated rings. The van der Waals surface area contributed by atoms with E-state index >= 15 is 0 Å². The summed E-state index contributed by atoms with van der Waals surface area (Å²) in [7, 11) is 0. The third-order valence-electron chi connectivity index (χ3n) is 8.28. The van der Waals surface area contributed by atoms with Gasteiger partial charge in [0.15, 0.2) is 0 Å². The number of carbonyl (C=O) groups excluding carboxylic acids is 3. The molecule has 3 aromatic carbocycles. The molecule has 2 heterocycles. The van der Waals surface area contributed by atoms with Crippen LogP contribution in [0.2, 0.25) is 0 Å². The molecular formula is C33H36N2O5. The average Bonchev–Trinajstić information content (AvgIpc) is 3.34. The average molecular weight is 541 g/mol. The molecule has 5 rings (SSSR count). The number of ether oxygens (including phenoxy) is 2. The highest BCUT2D eigenvalue weighted by Crippen LogP contribution is 2.45. The van der Waals surface area contributed by atoms with E-state index in [9.17, 15) is 14.4 Å². The number of amides is 2. The Hall–Kier alpha value is -4.13. The van der Waals surface area contributed by atoms with Crippen LogP contribution in [-0.2, 0) is 9.53 Å². The number of carbonyl (C=O) groups is 3. The summed E-state index contributed by atoms with van der Waals surface area (Å²) >= 11 is 0. The van der Waals surface area contributed by atoms with E-state index in [1.807, 2.05) is 73.3 Å². The minimum Gasteiger partial charge on any atom is -0.464 e. The van der Waals surface area contributed by atoms with Crippen molar-refractivity contribution in [2.24, 2.45) is 5.41 Å². The molecule has 2 saturated heterocycles. The Morgan fingerprint density at radius 1 is 0.875 bits per heavy atom. The fourth-order valence-corrected chi connectivity index (χ4v) is 5.82. The summed E-state index contributed by atoms with van der Waals surface area (Å²) in [6.07, 6.45) is 1.95. The summed E-state index contributed by atoms with van der Waals surface area (Å²) in [6.45, 7) is 7.66. The highest BCUT2D eigenvalue weighted by molar-refractivity contribution is 5.99. The van der Waals surface area contributed by atoms with Crippen LogP contribution in [0.25, 0.3) is 0 Å². The summed E-state index contributed by atoms with van der Waals surface area (Å²) in [4.78, 5) is 43.9. The Morgan fingerprint density at radius 3 is 2.27 bits per heavy atom. The third-order valence-corrected chi connectivity index (χ3v) is 8.28. The Bertz CT molecular complexity index is 1390. The number of esters is 1. The van der Waals surface area contributed by atoms with Gasteiger partial charge in [-0.3, -0.25) is 9.59 Å². The molecule has 1 atom stereocenters. The highest BCUT2D eigenvalue weighted by Gasteiger charge is 2.51. The molecule has 0 aromatic heterocycles. The molecule has 0 aliphatic carbocycles. The van der Waals surface area contributed by atoms with Gasteiger partial charge in [0.1, 0.15) is 17.5 Å². The van der Waals surface area contributed by atoms with E-state index in [-0.39, 0.29) is 29.8 Å². The van der Waals surface area contributed by atoms with Crippen LogP contribution in [0.3, 0.4) is 0 Å². The monoisotopic (exact) mass is 540 g/mol. The number of rotatable bonds is 6. The van der Waals surface area contributed by atoms with Gasteiger partial charge in [0, 0.05) is 25.2 Å². The molecule has 2 aliphatic rings. The maximum atomic E-state index is 14.0. The quantitative estimate of drug-likeness (QED) is 0.370. The minimum absolute atomic E-state index is 0.0258. The molecule has 0 radical (unpaired) electrons. The number of likely N-dealkylation sites (tertiary alicyclic amines) is 2. The maximum absolute atomic E-state index is 14.0. The first-order valence-electron chi connectivity index (χ1n) is 14.0. The molecular weight excluding hydrogens is 504 g/mol. The summed E-state index contributed by atoms with van der Waals surface area (Å²) in [6, 6.07) is 21.6. The fourth-order valence-electron chi connectivity index (χ4n) is 5.82. The Balaban J connectivity index is 1.35. The van der Waals surface area contributed by atoms with Crippen molar-refractivity contribution in [1.29, 1.82) is 0 Å². The molecule has 0 bridgehead atoms. The first kappa shape index (κ1) is 27.4. The van der Waals surface area contributed by atoms with Crippen molar-refractivity contribution in [1.82, 2.24) is 9.80 Å². The molecule has 208 valence electrons. The molecule has 0 N–H and O–H groups in total. The van der Waals surface area contributed by atoms with Crippen molar-refractivity contribution < 1.29 is 23.9 Å². The maximum Gasteiger partial charge on any atom is 0.328 e. The zero-order chi connectivity index (χ0) is 28.3. The van der Waals surface area contributed by atoms with Crippen LogP contribution < -0.4 is 4.74 Å². The summed E-state index contributed by atoms with van der Waals surface area (Å²) in [5.74, 6) is 0.454. The second-order valence-corrected chi connectivity index (χ2v) is 10.9.